The maximum atomic E-state index is 13.6. The fourth-order valence-corrected chi connectivity index (χ4v) is 6.26. The van der Waals surface area contributed by atoms with Gasteiger partial charge in [0.1, 0.15) is 13.1 Å². The Kier molecular flexibility index (Phi) is 8.32. The molecule has 3 saturated heterocycles. The largest absolute Gasteiger partial charge is 0.454 e. The number of carbonyl (C=O) groups is 2. The lowest BCUT2D eigenvalue weighted by Crippen LogP contribution is -2.65. The zero-order valence-electron chi connectivity index (χ0n) is 23.1. The van der Waals surface area contributed by atoms with Crippen molar-refractivity contribution < 1.29 is 18.8 Å². The first-order valence-corrected chi connectivity index (χ1v) is 14.3. The monoisotopic (exact) mass is 526 g/mol. The number of esters is 1. The maximum Gasteiger partial charge on any atom is 0.333 e. The number of para-hydroxylation sites is 1. The molecule has 3 heterocycles. The van der Waals surface area contributed by atoms with Crippen molar-refractivity contribution in [1.29, 1.82) is 0 Å². The highest BCUT2D eigenvalue weighted by atomic mass is 16.5. The van der Waals surface area contributed by atoms with Crippen molar-refractivity contribution in [3.05, 3.63) is 96.1 Å². The number of hydrogen-bond donors (Lipinski definition) is 1. The van der Waals surface area contributed by atoms with Crippen LogP contribution in [0, 0.1) is 5.92 Å². The molecular weight excluding hydrogens is 486 g/mol. The first-order chi connectivity index (χ1) is 19.0. The Labute approximate surface area is 232 Å². The van der Waals surface area contributed by atoms with Gasteiger partial charge in [-0.3, -0.25) is 4.79 Å². The highest BCUT2D eigenvalue weighted by Crippen LogP contribution is 2.37. The van der Waals surface area contributed by atoms with E-state index in [2.05, 4.69) is 36.2 Å². The molecule has 1 N–H and O–H groups in total. The summed E-state index contributed by atoms with van der Waals surface area (Å²) >= 11 is 0. The van der Waals surface area contributed by atoms with Crippen molar-refractivity contribution >= 4 is 23.1 Å². The summed E-state index contributed by atoms with van der Waals surface area (Å²) in [5.74, 6) is 0.255. The molecule has 6 rings (SSSR count). The molecule has 0 aliphatic carbocycles. The van der Waals surface area contributed by atoms with Gasteiger partial charge in [-0.1, -0.05) is 48.5 Å². The number of nitrogens with one attached hydrogen (secondary N) is 1. The van der Waals surface area contributed by atoms with Gasteiger partial charge in [0.2, 0.25) is 5.78 Å². The molecule has 3 fully saturated rings. The number of Topliss-reactive ketones (excluding diaryl/α,β-unsaturated/α-hetero) is 1. The topological polar surface area (TPSA) is 58.6 Å². The third-order valence-electron chi connectivity index (χ3n) is 8.56. The van der Waals surface area contributed by atoms with E-state index in [4.69, 9.17) is 4.74 Å². The van der Waals surface area contributed by atoms with Crippen LogP contribution < -0.4 is 10.2 Å². The van der Waals surface area contributed by atoms with Crippen molar-refractivity contribution in [3.8, 4) is 0 Å². The van der Waals surface area contributed by atoms with Gasteiger partial charge in [-0.05, 0) is 55.8 Å². The van der Waals surface area contributed by atoms with E-state index >= 15 is 0 Å². The summed E-state index contributed by atoms with van der Waals surface area (Å²) in [7, 11) is 0. The van der Waals surface area contributed by atoms with Gasteiger partial charge in [-0.25, -0.2) is 4.79 Å². The molecule has 3 aliphatic rings. The molecule has 6 heteroatoms. The highest BCUT2D eigenvalue weighted by molar-refractivity contribution is 5.97. The molecule has 0 spiro atoms. The summed E-state index contributed by atoms with van der Waals surface area (Å²) in [5.41, 5.74) is 3.65. The molecule has 204 valence electrons. The predicted molar refractivity (Wildman–Crippen MR) is 156 cm³/mol. The van der Waals surface area contributed by atoms with Crippen LogP contribution >= 0.6 is 0 Å². The number of piperidine rings is 3. The molecular formula is C33H40N3O3+. The average Bonchev–Trinajstić information content (AvgIpc) is 2.98. The standard InChI is InChI=1S/C33H40N3O3/c1-3-35(4-2)29-17-15-25(16-18-29)30(37)23-36-21-19-26(20-22-36)31(24-36)39-33(38)32(27-11-7-5-8-12-27)34-28-13-9-6-10-14-28/h5-18,26,31-32,34H,3-4,19-24H2,1-2H3/q+1. The number of anilines is 2. The lowest BCUT2D eigenvalue weighted by molar-refractivity contribution is -0.938. The van der Waals surface area contributed by atoms with E-state index in [-0.39, 0.29) is 17.9 Å². The minimum absolute atomic E-state index is 0.166. The summed E-state index contributed by atoms with van der Waals surface area (Å²) in [6.45, 7) is 9.25. The van der Waals surface area contributed by atoms with E-state index in [1.165, 1.54) is 0 Å². The first-order valence-electron chi connectivity index (χ1n) is 14.3. The SMILES string of the molecule is CCN(CC)c1ccc(C(=O)C[N+]23CCC(CC2)C(OC(=O)C(Nc2ccccc2)c2ccccc2)C3)cc1. The molecule has 39 heavy (non-hydrogen) atoms. The van der Waals surface area contributed by atoms with Gasteiger partial charge in [0.15, 0.2) is 12.1 Å². The van der Waals surface area contributed by atoms with Crippen LogP contribution in [0.4, 0.5) is 11.4 Å². The summed E-state index contributed by atoms with van der Waals surface area (Å²) in [6, 6.07) is 26.9. The molecule has 2 bridgehead atoms. The van der Waals surface area contributed by atoms with Crippen LogP contribution in [0.25, 0.3) is 0 Å². The number of ether oxygens (including phenoxy) is 1. The van der Waals surface area contributed by atoms with E-state index in [1.807, 2.05) is 72.8 Å². The second-order valence-electron chi connectivity index (χ2n) is 10.9. The number of hydrogen-bond acceptors (Lipinski definition) is 5. The summed E-state index contributed by atoms with van der Waals surface area (Å²) < 4.78 is 6.96. The van der Waals surface area contributed by atoms with Gasteiger partial charge < -0.3 is 19.4 Å². The number of benzene rings is 3. The Morgan fingerprint density at radius 3 is 2.13 bits per heavy atom. The second-order valence-corrected chi connectivity index (χ2v) is 10.9. The van der Waals surface area contributed by atoms with Gasteiger partial charge in [-0.15, -0.1) is 0 Å². The third kappa shape index (κ3) is 6.17. The molecule has 3 aromatic rings. The molecule has 0 radical (unpaired) electrons. The Bertz CT molecular complexity index is 1230. The maximum absolute atomic E-state index is 13.6. The van der Waals surface area contributed by atoms with E-state index in [0.29, 0.717) is 23.5 Å². The molecule has 0 saturated carbocycles. The fraction of sp³-hybridized carbons (Fsp3) is 0.394. The van der Waals surface area contributed by atoms with Gasteiger partial charge in [0, 0.05) is 48.8 Å². The number of rotatable bonds is 11. The minimum Gasteiger partial charge on any atom is -0.454 e. The summed E-state index contributed by atoms with van der Waals surface area (Å²) in [6.07, 6.45) is 1.78. The zero-order valence-corrected chi connectivity index (χ0v) is 23.1. The Hall–Kier alpha value is -3.64. The van der Waals surface area contributed by atoms with Crippen LogP contribution in [0.5, 0.6) is 0 Å². The lowest BCUT2D eigenvalue weighted by atomic mass is 9.82. The number of nitrogens with zero attached hydrogens (tertiary/aromatic N) is 2. The smallest absolute Gasteiger partial charge is 0.333 e. The first kappa shape index (κ1) is 26.9. The minimum atomic E-state index is -0.594. The number of carbonyl (C=O) groups excluding carboxylic acids is 2. The van der Waals surface area contributed by atoms with Crippen molar-refractivity contribution in [2.75, 3.05) is 49.5 Å². The highest BCUT2D eigenvalue weighted by Gasteiger charge is 2.49. The molecule has 3 aromatic carbocycles. The Balaban J connectivity index is 1.27. The van der Waals surface area contributed by atoms with Gasteiger partial charge >= 0.3 is 5.97 Å². The van der Waals surface area contributed by atoms with Crippen LogP contribution in [-0.4, -0.2) is 61.6 Å². The van der Waals surface area contributed by atoms with Crippen LogP contribution in [0.15, 0.2) is 84.9 Å². The van der Waals surface area contributed by atoms with Crippen LogP contribution in [0.1, 0.15) is 48.7 Å². The predicted octanol–water partition coefficient (Wildman–Crippen LogP) is 5.72. The lowest BCUT2D eigenvalue weighted by Gasteiger charge is -2.51. The van der Waals surface area contributed by atoms with E-state index in [0.717, 1.165) is 61.5 Å². The van der Waals surface area contributed by atoms with Crippen molar-refractivity contribution in [2.45, 2.75) is 38.8 Å². The van der Waals surface area contributed by atoms with Crippen LogP contribution in [-0.2, 0) is 9.53 Å². The molecule has 0 aromatic heterocycles. The molecule has 0 amide bonds. The summed E-state index contributed by atoms with van der Waals surface area (Å²) in [5, 5.41) is 3.38. The van der Waals surface area contributed by atoms with Gasteiger partial charge in [0.25, 0.3) is 0 Å². The number of fused-ring (bicyclic) bond motifs is 3. The molecule has 2 unspecified atom stereocenters. The number of quaternary nitrogens is 1. The fourth-order valence-electron chi connectivity index (χ4n) is 6.26. The van der Waals surface area contributed by atoms with Crippen molar-refractivity contribution in [1.82, 2.24) is 0 Å². The summed E-state index contributed by atoms with van der Waals surface area (Å²) in [4.78, 5) is 29.3. The van der Waals surface area contributed by atoms with E-state index in [1.54, 1.807) is 0 Å². The zero-order chi connectivity index (χ0) is 27.2. The molecule has 6 nitrogen and oxygen atoms in total. The van der Waals surface area contributed by atoms with E-state index < -0.39 is 6.04 Å². The average molecular weight is 527 g/mol. The van der Waals surface area contributed by atoms with Gasteiger partial charge in [0.05, 0.1) is 13.1 Å². The van der Waals surface area contributed by atoms with Gasteiger partial charge in [-0.2, -0.15) is 0 Å². The Morgan fingerprint density at radius 1 is 0.897 bits per heavy atom. The molecule has 2 atom stereocenters. The number of ketones is 1. The molecule has 3 aliphatic heterocycles. The van der Waals surface area contributed by atoms with E-state index in [9.17, 15) is 9.59 Å². The van der Waals surface area contributed by atoms with Crippen LogP contribution in [0.3, 0.4) is 0 Å². The Morgan fingerprint density at radius 2 is 1.51 bits per heavy atom. The van der Waals surface area contributed by atoms with Crippen molar-refractivity contribution in [3.63, 3.8) is 0 Å². The normalized spacial score (nSPS) is 22.6. The second kappa shape index (κ2) is 12.0. The third-order valence-corrected chi connectivity index (χ3v) is 8.56. The van der Waals surface area contributed by atoms with Crippen molar-refractivity contribution in [2.24, 2.45) is 5.92 Å². The van der Waals surface area contributed by atoms with Crippen LogP contribution in [0.2, 0.25) is 0 Å². The quantitative estimate of drug-likeness (QED) is 0.197.